The minimum atomic E-state index is 0.351. The first-order valence-corrected chi connectivity index (χ1v) is 8.88. The Hall–Kier alpha value is -2.33. The van der Waals surface area contributed by atoms with E-state index in [9.17, 15) is 0 Å². The average molecular weight is 330 g/mol. The molecule has 23 heavy (non-hydrogen) atoms. The van der Waals surface area contributed by atoms with Crippen LogP contribution in [0, 0.1) is 0 Å². The SMILES string of the molecule is CP/C(C)=c1\c(NCCc2ccc(N)cc2)nnc(N)\c1=C/N. The van der Waals surface area contributed by atoms with Gasteiger partial charge in [-0.2, -0.15) is 0 Å². The lowest BCUT2D eigenvalue weighted by Gasteiger charge is -2.09. The number of hydrogen-bond donors (Lipinski definition) is 4. The predicted molar refractivity (Wildman–Crippen MR) is 101 cm³/mol. The first-order valence-electron chi connectivity index (χ1n) is 7.38. The van der Waals surface area contributed by atoms with Gasteiger partial charge >= 0.3 is 0 Å². The molecule has 0 fully saturated rings. The summed E-state index contributed by atoms with van der Waals surface area (Å²) in [4.78, 5) is 0. The van der Waals surface area contributed by atoms with Gasteiger partial charge in [-0.25, -0.2) is 0 Å². The molecule has 1 heterocycles. The molecule has 7 heteroatoms. The number of benzene rings is 1. The van der Waals surface area contributed by atoms with Crippen LogP contribution in [0.3, 0.4) is 0 Å². The van der Waals surface area contributed by atoms with Crippen LogP contribution in [0.1, 0.15) is 12.5 Å². The first kappa shape index (κ1) is 17.0. The van der Waals surface area contributed by atoms with Crippen LogP contribution in [-0.4, -0.2) is 23.4 Å². The molecule has 2 aromatic rings. The van der Waals surface area contributed by atoms with Gasteiger partial charge in [0.1, 0.15) is 0 Å². The number of nitrogens with zero attached hydrogens (tertiary/aromatic N) is 2. The molecule has 0 amide bonds. The summed E-state index contributed by atoms with van der Waals surface area (Å²) in [5.74, 6) is 1.07. The molecule has 1 unspecified atom stereocenters. The Kier molecular flexibility index (Phi) is 5.77. The number of aromatic nitrogens is 2. The summed E-state index contributed by atoms with van der Waals surface area (Å²) in [5.41, 5.74) is 19.3. The van der Waals surface area contributed by atoms with Crippen molar-refractivity contribution >= 4 is 37.4 Å². The predicted octanol–water partition coefficient (Wildman–Crippen LogP) is 0.429. The molecule has 0 aliphatic carbocycles. The Bertz CT molecular complexity index is 785. The molecule has 7 N–H and O–H groups in total. The average Bonchev–Trinajstić information content (AvgIpc) is 2.56. The van der Waals surface area contributed by atoms with Crippen molar-refractivity contribution in [3.05, 3.63) is 40.3 Å². The molecule has 122 valence electrons. The van der Waals surface area contributed by atoms with Gasteiger partial charge in [0.15, 0.2) is 11.6 Å². The number of nitrogen functional groups attached to an aromatic ring is 2. The highest BCUT2D eigenvalue weighted by molar-refractivity contribution is 7.48. The molecule has 0 saturated carbocycles. The number of hydrogen-bond acceptors (Lipinski definition) is 6. The molecule has 2 rings (SSSR count). The van der Waals surface area contributed by atoms with E-state index >= 15 is 0 Å². The van der Waals surface area contributed by atoms with Crippen LogP contribution in [-0.2, 0) is 6.42 Å². The van der Waals surface area contributed by atoms with Crippen LogP contribution in [0.2, 0.25) is 0 Å². The molecule has 6 nitrogen and oxygen atoms in total. The molecule has 0 aliphatic rings. The van der Waals surface area contributed by atoms with Crippen molar-refractivity contribution in [3.8, 4) is 0 Å². The zero-order chi connectivity index (χ0) is 16.8. The maximum atomic E-state index is 5.89. The van der Waals surface area contributed by atoms with Gasteiger partial charge in [0.25, 0.3) is 0 Å². The van der Waals surface area contributed by atoms with Gasteiger partial charge < -0.3 is 22.5 Å². The van der Waals surface area contributed by atoms with Crippen LogP contribution in [0.25, 0.3) is 11.5 Å². The van der Waals surface area contributed by atoms with E-state index in [0.29, 0.717) is 14.4 Å². The van der Waals surface area contributed by atoms with E-state index in [0.717, 1.165) is 34.9 Å². The molecule has 1 aromatic carbocycles. The van der Waals surface area contributed by atoms with Crippen LogP contribution in [0.15, 0.2) is 24.3 Å². The molecule has 0 aliphatic heterocycles. The summed E-state index contributed by atoms with van der Waals surface area (Å²) < 4.78 is 0. The van der Waals surface area contributed by atoms with E-state index in [1.807, 2.05) is 24.3 Å². The fourth-order valence-corrected chi connectivity index (χ4v) is 2.77. The van der Waals surface area contributed by atoms with Crippen molar-refractivity contribution in [2.75, 3.05) is 30.0 Å². The highest BCUT2D eigenvalue weighted by Crippen LogP contribution is 2.17. The van der Waals surface area contributed by atoms with Gasteiger partial charge in [-0.3, -0.25) is 0 Å². The minimum Gasteiger partial charge on any atom is -0.404 e. The van der Waals surface area contributed by atoms with Crippen molar-refractivity contribution in [2.45, 2.75) is 13.3 Å². The Morgan fingerprint density at radius 1 is 1.22 bits per heavy atom. The van der Waals surface area contributed by atoms with Crippen molar-refractivity contribution in [3.63, 3.8) is 0 Å². The third-order valence-electron chi connectivity index (χ3n) is 3.64. The van der Waals surface area contributed by atoms with E-state index in [4.69, 9.17) is 17.2 Å². The van der Waals surface area contributed by atoms with E-state index < -0.39 is 0 Å². The quantitative estimate of drug-likeness (QED) is 0.467. The summed E-state index contributed by atoms with van der Waals surface area (Å²) in [6, 6.07) is 7.86. The lowest BCUT2D eigenvalue weighted by molar-refractivity contribution is 0.958. The maximum Gasteiger partial charge on any atom is 0.157 e. The van der Waals surface area contributed by atoms with Crippen LogP contribution in [0.5, 0.6) is 0 Å². The topological polar surface area (TPSA) is 116 Å². The summed E-state index contributed by atoms with van der Waals surface area (Å²) in [6.45, 7) is 4.91. The molecule has 0 saturated heterocycles. The lowest BCUT2D eigenvalue weighted by Crippen LogP contribution is -2.35. The number of anilines is 3. The largest absolute Gasteiger partial charge is 0.404 e. The Labute approximate surface area is 137 Å². The second-order valence-corrected chi connectivity index (χ2v) is 6.43. The van der Waals surface area contributed by atoms with Crippen LogP contribution in [0.4, 0.5) is 17.3 Å². The standard InChI is InChI=1S/C16H23N6P/c1-10(23-2)14-13(9-17)15(19)21-22-16(14)20-8-7-11-3-5-12(18)6-4-11/h3-6,9,23H,7-8,17-18H2,1-2H3,(H2,19,21)(H,20,22)/b13-9-,14-10-. The fraction of sp³-hybridized carbons (Fsp3) is 0.250. The molecule has 1 aromatic heterocycles. The first-order chi connectivity index (χ1) is 11.1. The summed E-state index contributed by atoms with van der Waals surface area (Å²) in [7, 11) is 0.641. The zero-order valence-corrected chi connectivity index (χ0v) is 14.4. The second kappa shape index (κ2) is 7.79. The highest BCUT2D eigenvalue weighted by atomic mass is 31.1. The Morgan fingerprint density at radius 2 is 1.91 bits per heavy atom. The summed E-state index contributed by atoms with van der Waals surface area (Å²) in [6.07, 6.45) is 2.36. The second-order valence-electron chi connectivity index (χ2n) is 5.18. The van der Waals surface area contributed by atoms with E-state index in [2.05, 4.69) is 29.1 Å². The van der Waals surface area contributed by atoms with Crippen LogP contribution >= 0.6 is 8.58 Å². The Balaban J connectivity index is 2.25. The van der Waals surface area contributed by atoms with Gasteiger partial charge in [-0.15, -0.1) is 10.2 Å². The Morgan fingerprint density at radius 3 is 2.52 bits per heavy atom. The third-order valence-corrected chi connectivity index (χ3v) is 4.64. The van der Waals surface area contributed by atoms with Gasteiger partial charge in [-0.05, 0) is 43.0 Å². The molecule has 0 radical (unpaired) electrons. The third kappa shape index (κ3) is 4.11. The van der Waals surface area contributed by atoms with E-state index in [-0.39, 0.29) is 0 Å². The smallest absolute Gasteiger partial charge is 0.157 e. The summed E-state index contributed by atoms with van der Waals surface area (Å²) in [5, 5.41) is 14.4. The van der Waals surface area contributed by atoms with E-state index in [1.165, 1.54) is 17.1 Å². The summed E-state index contributed by atoms with van der Waals surface area (Å²) >= 11 is 0. The molecule has 1 atom stereocenters. The van der Waals surface area contributed by atoms with Crippen LogP contribution < -0.4 is 33.0 Å². The highest BCUT2D eigenvalue weighted by Gasteiger charge is 2.06. The molecule has 0 bridgehead atoms. The monoisotopic (exact) mass is 330 g/mol. The number of nitrogens with two attached hydrogens (primary N) is 3. The van der Waals surface area contributed by atoms with Gasteiger partial charge in [-0.1, -0.05) is 20.7 Å². The van der Waals surface area contributed by atoms with E-state index in [1.54, 1.807) is 0 Å². The van der Waals surface area contributed by atoms with Crippen molar-refractivity contribution in [1.82, 2.24) is 10.2 Å². The zero-order valence-electron chi connectivity index (χ0n) is 13.4. The van der Waals surface area contributed by atoms with Crippen molar-refractivity contribution < 1.29 is 0 Å². The molecular formula is C16H23N6P. The van der Waals surface area contributed by atoms with Crippen molar-refractivity contribution in [2.24, 2.45) is 5.73 Å². The number of rotatable bonds is 5. The minimum absolute atomic E-state index is 0.351. The van der Waals surface area contributed by atoms with Gasteiger partial charge in [0.2, 0.25) is 0 Å². The maximum absolute atomic E-state index is 5.89. The molecule has 0 spiro atoms. The van der Waals surface area contributed by atoms with Crippen molar-refractivity contribution in [1.29, 1.82) is 0 Å². The van der Waals surface area contributed by atoms with Gasteiger partial charge in [0, 0.05) is 28.9 Å². The van der Waals surface area contributed by atoms with Gasteiger partial charge in [0.05, 0.1) is 0 Å². The fourth-order valence-electron chi connectivity index (χ4n) is 2.27. The lowest BCUT2D eigenvalue weighted by atomic mass is 10.1. The molecular weight excluding hydrogens is 307 g/mol. The number of nitrogens with one attached hydrogen (secondary N) is 1. The normalized spacial score (nSPS) is 13.6.